The second-order valence-corrected chi connectivity index (χ2v) is 6.13. The van der Waals surface area contributed by atoms with Crippen molar-refractivity contribution < 1.29 is 9.47 Å². The lowest BCUT2D eigenvalue weighted by atomic mass is 10.1. The van der Waals surface area contributed by atoms with Crippen LogP contribution in [0.3, 0.4) is 0 Å². The van der Waals surface area contributed by atoms with Crippen molar-refractivity contribution >= 4 is 29.9 Å². The molecule has 5 nitrogen and oxygen atoms in total. The molecule has 148 valence electrons. The van der Waals surface area contributed by atoms with Crippen LogP contribution in [0.2, 0.25) is 0 Å². The maximum atomic E-state index is 5.35. The summed E-state index contributed by atoms with van der Waals surface area (Å²) in [5, 5.41) is 6.69. The quantitative estimate of drug-likeness (QED) is 0.259. The van der Waals surface area contributed by atoms with Gasteiger partial charge < -0.3 is 20.1 Å². The molecular formula is C21H30IN3O2. The van der Waals surface area contributed by atoms with Gasteiger partial charge in [-0.05, 0) is 43.0 Å². The number of ether oxygens (including phenoxy) is 2. The molecule has 0 radical (unpaired) electrons. The highest BCUT2D eigenvalue weighted by Gasteiger charge is 2.04. The van der Waals surface area contributed by atoms with Crippen molar-refractivity contribution in [1.29, 1.82) is 0 Å². The van der Waals surface area contributed by atoms with E-state index in [0.29, 0.717) is 0 Å². The van der Waals surface area contributed by atoms with Gasteiger partial charge in [-0.15, -0.1) is 24.0 Å². The van der Waals surface area contributed by atoms with Crippen LogP contribution in [-0.4, -0.2) is 33.8 Å². The van der Waals surface area contributed by atoms with Crippen molar-refractivity contribution in [2.75, 3.05) is 27.8 Å². The summed E-state index contributed by atoms with van der Waals surface area (Å²) in [4.78, 5) is 4.27. The van der Waals surface area contributed by atoms with E-state index in [2.05, 4.69) is 52.9 Å². The van der Waals surface area contributed by atoms with Gasteiger partial charge in [-0.25, -0.2) is 0 Å². The number of hydrogen-bond donors (Lipinski definition) is 2. The van der Waals surface area contributed by atoms with Gasteiger partial charge in [0.25, 0.3) is 0 Å². The summed E-state index contributed by atoms with van der Waals surface area (Å²) in [6.45, 7) is 3.70. The minimum atomic E-state index is 0. The van der Waals surface area contributed by atoms with Crippen molar-refractivity contribution in [3.8, 4) is 11.5 Å². The van der Waals surface area contributed by atoms with E-state index in [4.69, 9.17) is 9.47 Å². The number of halogens is 1. The van der Waals surface area contributed by atoms with Gasteiger partial charge in [0.15, 0.2) is 17.5 Å². The summed E-state index contributed by atoms with van der Waals surface area (Å²) in [6, 6.07) is 14.6. The predicted molar refractivity (Wildman–Crippen MR) is 123 cm³/mol. The Hall–Kier alpha value is -1.96. The zero-order valence-electron chi connectivity index (χ0n) is 16.5. The summed E-state index contributed by atoms with van der Waals surface area (Å²) in [5.41, 5.74) is 3.74. The molecule has 27 heavy (non-hydrogen) atoms. The number of aliphatic imine (C=N–C) groups is 1. The fourth-order valence-corrected chi connectivity index (χ4v) is 2.65. The number of nitrogens with one attached hydrogen (secondary N) is 2. The lowest BCUT2D eigenvalue weighted by Gasteiger charge is -2.13. The summed E-state index contributed by atoms with van der Waals surface area (Å²) in [7, 11) is 5.10. The van der Waals surface area contributed by atoms with Gasteiger partial charge >= 0.3 is 0 Å². The molecule has 0 aliphatic heterocycles. The molecule has 0 fully saturated rings. The fraction of sp³-hybridized carbons (Fsp3) is 0.381. The van der Waals surface area contributed by atoms with Gasteiger partial charge in [-0.3, -0.25) is 4.99 Å². The van der Waals surface area contributed by atoms with Crippen LogP contribution >= 0.6 is 24.0 Å². The van der Waals surface area contributed by atoms with Crippen molar-refractivity contribution in [2.45, 2.75) is 26.3 Å². The van der Waals surface area contributed by atoms with E-state index in [1.807, 2.05) is 12.1 Å². The van der Waals surface area contributed by atoms with E-state index >= 15 is 0 Å². The van der Waals surface area contributed by atoms with Crippen LogP contribution in [0.25, 0.3) is 0 Å². The maximum Gasteiger partial charge on any atom is 0.191 e. The largest absolute Gasteiger partial charge is 0.493 e. The molecule has 2 N–H and O–H groups in total. The van der Waals surface area contributed by atoms with Crippen LogP contribution in [0.4, 0.5) is 0 Å². The maximum absolute atomic E-state index is 5.35. The molecule has 0 aliphatic rings. The average Bonchev–Trinajstić information content (AvgIpc) is 2.68. The van der Waals surface area contributed by atoms with Crippen molar-refractivity contribution in [3.63, 3.8) is 0 Å². The third-order valence-corrected chi connectivity index (χ3v) is 4.19. The number of rotatable bonds is 8. The van der Waals surface area contributed by atoms with Crippen molar-refractivity contribution in [1.82, 2.24) is 10.6 Å². The number of hydrogen-bond acceptors (Lipinski definition) is 3. The van der Waals surface area contributed by atoms with E-state index in [0.717, 1.165) is 43.4 Å². The van der Waals surface area contributed by atoms with Gasteiger partial charge in [0.05, 0.1) is 14.2 Å². The number of aryl methyl sites for hydroxylation is 2. The monoisotopic (exact) mass is 483 g/mol. The fourth-order valence-electron chi connectivity index (χ4n) is 2.65. The highest BCUT2D eigenvalue weighted by molar-refractivity contribution is 14.0. The Morgan fingerprint density at radius 3 is 2.22 bits per heavy atom. The summed E-state index contributed by atoms with van der Waals surface area (Å²) in [5.74, 6) is 2.35. The number of methoxy groups -OCH3 is 2. The Morgan fingerprint density at radius 2 is 1.59 bits per heavy atom. The van der Waals surface area contributed by atoms with Crippen molar-refractivity contribution in [3.05, 3.63) is 59.2 Å². The van der Waals surface area contributed by atoms with E-state index < -0.39 is 0 Å². The third kappa shape index (κ3) is 7.66. The number of nitrogens with zero attached hydrogens (tertiary/aromatic N) is 1. The zero-order valence-corrected chi connectivity index (χ0v) is 18.9. The predicted octanol–water partition coefficient (Wildman–Crippen LogP) is 3.93. The molecule has 6 heteroatoms. The summed E-state index contributed by atoms with van der Waals surface area (Å²) >= 11 is 0. The highest BCUT2D eigenvalue weighted by Crippen LogP contribution is 2.27. The molecule has 0 unspecified atom stereocenters. The van der Waals surface area contributed by atoms with Gasteiger partial charge in [0.1, 0.15) is 0 Å². The van der Waals surface area contributed by atoms with E-state index in [9.17, 15) is 0 Å². The Labute approximate surface area is 179 Å². The summed E-state index contributed by atoms with van der Waals surface area (Å²) < 4.78 is 10.6. The topological polar surface area (TPSA) is 54.9 Å². The summed E-state index contributed by atoms with van der Waals surface area (Å²) in [6.07, 6.45) is 1.96. The Balaban J connectivity index is 0.00000364. The second kappa shape index (κ2) is 12.4. The molecule has 0 aromatic heterocycles. The molecule has 2 aromatic carbocycles. The minimum absolute atomic E-state index is 0. The van der Waals surface area contributed by atoms with Crippen LogP contribution in [-0.2, 0) is 13.0 Å². The number of guanidine groups is 1. The van der Waals surface area contributed by atoms with Crippen molar-refractivity contribution in [2.24, 2.45) is 4.99 Å². The molecular weight excluding hydrogens is 453 g/mol. The minimum Gasteiger partial charge on any atom is -0.493 e. The van der Waals surface area contributed by atoms with Crippen LogP contribution in [0.5, 0.6) is 11.5 Å². The molecule has 0 amide bonds. The van der Waals surface area contributed by atoms with Gasteiger partial charge in [-0.2, -0.15) is 0 Å². The van der Waals surface area contributed by atoms with Crippen LogP contribution in [0.1, 0.15) is 23.1 Å². The molecule has 0 saturated carbocycles. The average molecular weight is 483 g/mol. The van der Waals surface area contributed by atoms with E-state index in [-0.39, 0.29) is 24.0 Å². The van der Waals surface area contributed by atoms with E-state index in [1.54, 1.807) is 21.3 Å². The molecule has 2 aromatic rings. The number of benzene rings is 2. The van der Waals surface area contributed by atoms with Gasteiger partial charge in [0, 0.05) is 20.1 Å². The normalized spacial score (nSPS) is 10.7. The van der Waals surface area contributed by atoms with Crippen LogP contribution in [0.15, 0.2) is 47.5 Å². The van der Waals surface area contributed by atoms with Crippen LogP contribution in [0, 0.1) is 6.92 Å². The van der Waals surface area contributed by atoms with E-state index in [1.165, 1.54) is 16.7 Å². The smallest absolute Gasteiger partial charge is 0.191 e. The Bertz CT molecular complexity index is 718. The molecule has 2 rings (SSSR count). The first kappa shape index (κ1) is 23.1. The molecule has 0 atom stereocenters. The highest BCUT2D eigenvalue weighted by atomic mass is 127. The molecule has 0 spiro atoms. The standard InChI is InChI=1S/C21H29N3O2.HI/c1-16-7-9-18(10-8-16)15-24-21(22-2)23-13-5-6-17-11-12-19(25-3)20(14-17)26-4;/h7-12,14H,5-6,13,15H2,1-4H3,(H2,22,23,24);1H. The molecule has 0 aliphatic carbocycles. The van der Waals surface area contributed by atoms with Crippen LogP contribution < -0.4 is 20.1 Å². The van der Waals surface area contributed by atoms with Gasteiger partial charge in [-0.1, -0.05) is 35.9 Å². The lowest BCUT2D eigenvalue weighted by Crippen LogP contribution is -2.37. The first-order valence-electron chi connectivity index (χ1n) is 8.87. The SMILES string of the molecule is CN=C(NCCCc1ccc(OC)c(OC)c1)NCc1ccc(C)cc1.I. The molecule has 0 bridgehead atoms. The first-order chi connectivity index (χ1) is 12.7. The zero-order chi connectivity index (χ0) is 18.8. The first-order valence-corrected chi connectivity index (χ1v) is 8.87. The van der Waals surface area contributed by atoms with Gasteiger partial charge in [0.2, 0.25) is 0 Å². The second-order valence-electron chi connectivity index (χ2n) is 6.13. The third-order valence-electron chi connectivity index (χ3n) is 4.19. The Kier molecular flexibility index (Phi) is 10.6. The Morgan fingerprint density at radius 1 is 0.926 bits per heavy atom. The lowest BCUT2D eigenvalue weighted by molar-refractivity contribution is 0.354. The molecule has 0 heterocycles. The molecule has 0 saturated heterocycles.